The fourth-order valence-corrected chi connectivity index (χ4v) is 2.26. The van der Waals surface area contributed by atoms with E-state index in [-0.39, 0.29) is 12.3 Å². The summed E-state index contributed by atoms with van der Waals surface area (Å²) in [7, 11) is 0. The smallest absolute Gasteiger partial charge is 0.273 e. The number of nitrogens with two attached hydrogens (primary N) is 1. The van der Waals surface area contributed by atoms with Gasteiger partial charge in [0, 0.05) is 31.0 Å². The summed E-state index contributed by atoms with van der Waals surface area (Å²) < 4.78 is 5.28. The van der Waals surface area contributed by atoms with Gasteiger partial charge in [-0.15, -0.1) is 0 Å². The predicted octanol–water partition coefficient (Wildman–Crippen LogP) is 0.834. The molecule has 20 heavy (non-hydrogen) atoms. The van der Waals surface area contributed by atoms with Crippen LogP contribution < -0.4 is 16.6 Å². The van der Waals surface area contributed by atoms with Gasteiger partial charge in [0.1, 0.15) is 0 Å². The molecule has 0 atom stereocenters. The average molecular weight is 282 g/mol. The fraction of sp³-hybridized carbons (Fsp3) is 0.500. The van der Waals surface area contributed by atoms with Crippen LogP contribution in [0.4, 0.5) is 17.1 Å². The highest BCUT2D eigenvalue weighted by atomic mass is 16.6. The summed E-state index contributed by atoms with van der Waals surface area (Å²) in [4.78, 5) is 10.4. The van der Waals surface area contributed by atoms with E-state index in [2.05, 4.69) is 10.7 Å². The summed E-state index contributed by atoms with van der Waals surface area (Å²) in [5, 5.41) is 23.7. The molecular formula is C12H18N4O4. The molecule has 1 aliphatic rings. The van der Waals surface area contributed by atoms with E-state index in [9.17, 15) is 15.2 Å². The van der Waals surface area contributed by atoms with Gasteiger partial charge in [-0.1, -0.05) is 0 Å². The van der Waals surface area contributed by atoms with Crippen molar-refractivity contribution in [1.29, 1.82) is 0 Å². The van der Waals surface area contributed by atoms with Crippen LogP contribution in [0.5, 0.6) is 0 Å². The molecule has 0 bridgehead atoms. The van der Waals surface area contributed by atoms with Crippen molar-refractivity contribution in [2.75, 3.05) is 30.6 Å². The molecule has 1 aliphatic heterocycles. The highest BCUT2D eigenvalue weighted by Gasteiger charge is 2.32. The molecule has 8 heteroatoms. The number of rotatable bonds is 5. The molecule has 0 amide bonds. The third-order valence-electron chi connectivity index (χ3n) is 3.46. The molecule has 110 valence electrons. The van der Waals surface area contributed by atoms with Crippen molar-refractivity contribution in [3.8, 4) is 0 Å². The minimum atomic E-state index is -0.515. The van der Waals surface area contributed by atoms with Crippen molar-refractivity contribution in [3.63, 3.8) is 0 Å². The molecule has 2 rings (SSSR count). The number of nitro benzene ring substituents is 1. The van der Waals surface area contributed by atoms with E-state index < -0.39 is 10.5 Å². The first-order chi connectivity index (χ1) is 9.58. The summed E-state index contributed by atoms with van der Waals surface area (Å²) >= 11 is 0. The number of nitro groups is 1. The number of nitrogen functional groups attached to an aromatic ring is 1. The van der Waals surface area contributed by atoms with Crippen LogP contribution in [0.2, 0.25) is 0 Å². The zero-order chi connectivity index (χ0) is 14.6. The number of hydrazine groups is 1. The van der Waals surface area contributed by atoms with Crippen LogP contribution in [0.25, 0.3) is 0 Å². The normalized spacial score (nSPS) is 17.5. The molecule has 1 saturated heterocycles. The van der Waals surface area contributed by atoms with E-state index in [1.807, 2.05) is 0 Å². The molecule has 0 unspecified atom stereocenters. The van der Waals surface area contributed by atoms with E-state index in [0.29, 0.717) is 37.4 Å². The van der Waals surface area contributed by atoms with Gasteiger partial charge in [-0.2, -0.15) is 0 Å². The maximum absolute atomic E-state index is 10.9. The Bertz CT molecular complexity index is 488. The lowest BCUT2D eigenvalue weighted by Gasteiger charge is -2.37. The van der Waals surface area contributed by atoms with Gasteiger partial charge in [0.05, 0.1) is 22.8 Å². The van der Waals surface area contributed by atoms with Gasteiger partial charge in [0.15, 0.2) is 0 Å². The number of nitrogens with zero attached hydrogens (tertiary/aromatic N) is 1. The topological polar surface area (TPSA) is 123 Å². The molecule has 0 aromatic heterocycles. The Labute approximate surface area is 116 Å². The van der Waals surface area contributed by atoms with Crippen LogP contribution in [-0.2, 0) is 4.74 Å². The van der Waals surface area contributed by atoms with Crippen LogP contribution in [-0.4, -0.2) is 35.4 Å². The SMILES string of the molecule is NNc1cc(NC2(CO)CCOCC2)cc([N+](=O)[O-])c1. The second-order valence-electron chi connectivity index (χ2n) is 4.85. The van der Waals surface area contributed by atoms with Gasteiger partial charge in [-0.3, -0.25) is 16.0 Å². The van der Waals surface area contributed by atoms with Crippen molar-refractivity contribution >= 4 is 17.1 Å². The van der Waals surface area contributed by atoms with Gasteiger partial charge in [-0.25, -0.2) is 0 Å². The minimum absolute atomic E-state index is 0.0650. The number of benzene rings is 1. The molecule has 0 spiro atoms. The van der Waals surface area contributed by atoms with E-state index in [1.165, 1.54) is 12.1 Å². The third kappa shape index (κ3) is 3.16. The quantitative estimate of drug-likeness (QED) is 0.358. The van der Waals surface area contributed by atoms with Crippen molar-refractivity contribution in [1.82, 2.24) is 0 Å². The van der Waals surface area contributed by atoms with Gasteiger partial charge in [0.25, 0.3) is 5.69 Å². The molecule has 1 heterocycles. The van der Waals surface area contributed by atoms with E-state index in [1.54, 1.807) is 6.07 Å². The number of ether oxygens (including phenoxy) is 1. The lowest BCUT2D eigenvalue weighted by molar-refractivity contribution is -0.384. The standard InChI is InChI=1S/C12H18N4O4/c13-15-10-5-9(6-11(7-10)16(18)19)14-12(8-17)1-3-20-4-2-12/h5-7,14-15,17H,1-4,8,13H2. The number of hydrogen-bond acceptors (Lipinski definition) is 7. The first kappa shape index (κ1) is 14.5. The molecule has 1 fully saturated rings. The summed E-state index contributed by atoms with van der Waals surface area (Å²) in [5.74, 6) is 5.32. The first-order valence-corrected chi connectivity index (χ1v) is 6.31. The van der Waals surface area contributed by atoms with Crippen LogP contribution in [0.1, 0.15) is 12.8 Å². The monoisotopic (exact) mass is 282 g/mol. The van der Waals surface area contributed by atoms with Crippen LogP contribution in [0, 0.1) is 10.1 Å². The lowest BCUT2D eigenvalue weighted by Crippen LogP contribution is -2.46. The van der Waals surface area contributed by atoms with Crippen molar-refractivity contribution in [2.45, 2.75) is 18.4 Å². The highest BCUT2D eigenvalue weighted by molar-refractivity contribution is 5.63. The Kier molecular flexibility index (Phi) is 4.38. The molecule has 8 nitrogen and oxygen atoms in total. The van der Waals surface area contributed by atoms with Crippen molar-refractivity contribution in [2.24, 2.45) is 5.84 Å². The Morgan fingerprint density at radius 2 is 2.00 bits per heavy atom. The fourth-order valence-electron chi connectivity index (χ4n) is 2.26. The predicted molar refractivity (Wildman–Crippen MR) is 74.4 cm³/mol. The van der Waals surface area contributed by atoms with Crippen molar-refractivity contribution in [3.05, 3.63) is 28.3 Å². The van der Waals surface area contributed by atoms with Gasteiger partial charge >= 0.3 is 0 Å². The third-order valence-corrected chi connectivity index (χ3v) is 3.46. The molecule has 1 aromatic carbocycles. The Morgan fingerprint density at radius 1 is 1.35 bits per heavy atom. The number of non-ortho nitro benzene ring substituents is 1. The number of aliphatic hydroxyl groups excluding tert-OH is 1. The number of hydrogen-bond donors (Lipinski definition) is 4. The van der Waals surface area contributed by atoms with E-state index in [0.717, 1.165) is 0 Å². The van der Waals surface area contributed by atoms with E-state index >= 15 is 0 Å². The maximum Gasteiger partial charge on any atom is 0.273 e. The second-order valence-corrected chi connectivity index (χ2v) is 4.85. The summed E-state index contributed by atoms with van der Waals surface area (Å²) in [6.45, 7) is 1.03. The molecule has 5 N–H and O–H groups in total. The largest absolute Gasteiger partial charge is 0.394 e. The van der Waals surface area contributed by atoms with Crippen LogP contribution >= 0.6 is 0 Å². The maximum atomic E-state index is 10.9. The van der Waals surface area contributed by atoms with Crippen molar-refractivity contribution < 1.29 is 14.8 Å². The number of aliphatic hydroxyl groups is 1. The van der Waals surface area contributed by atoms with Gasteiger partial charge in [-0.05, 0) is 18.9 Å². The number of nitrogens with one attached hydrogen (secondary N) is 2. The number of anilines is 2. The molecule has 0 aliphatic carbocycles. The summed E-state index contributed by atoms with van der Waals surface area (Å²) in [6, 6.07) is 4.44. The Balaban J connectivity index is 2.27. The van der Waals surface area contributed by atoms with Crippen LogP contribution in [0.3, 0.4) is 0 Å². The summed E-state index contributed by atoms with van der Waals surface area (Å²) in [6.07, 6.45) is 1.27. The van der Waals surface area contributed by atoms with E-state index in [4.69, 9.17) is 10.6 Å². The molecule has 1 aromatic rings. The average Bonchev–Trinajstić information content (AvgIpc) is 2.47. The highest BCUT2D eigenvalue weighted by Crippen LogP contribution is 2.30. The first-order valence-electron chi connectivity index (χ1n) is 6.31. The summed E-state index contributed by atoms with van der Waals surface area (Å²) in [5.41, 5.74) is 2.79. The van der Waals surface area contributed by atoms with Gasteiger partial charge in [0.2, 0.25) is 0 Å². The lowest BCUT2D eigenvalue weighted by atomic mass is 9.90. The Morgan fingerprint density at radius 3 is 2.55 bits per heavy atom. The molecule has 0 saturated carbocycles. The van der Waals surface area contributed by atoms with Gasteiger partial charge < -0.3 is 20.6 Å². The molecule has 0 radical (unpaired) electrons. The second kappa shape index (κ2) is 6.04. The minimum Gasteiger partial charge on any atom is -0.394 e. The zero-order valence-corrected chi connectivity index (χ0v) is 11.0. The Hall–Kier alpha value is -1.90. The zero-order valence-electron chi connectivity index (χ0n) is 11.0. The van der Waals surface area contributed by atoms with Crippen LogP contribution in [0.15, 0.2) is 18.2 Å². The molecular weight excluding hydrogens is 264 g/mol.